The summed E-state index contributed by atoms with van der Waals surface area (Å²) in [6.45, 7) is 3.77. The number of aliphatic hydroxyl groups excluding tert-OH is 1. The molecule has 1 atom stereocenters. The maximum absolute atomic E-state index is 13.4. The lowest BCUT2D eigenvalue weighted by atomic mass is 9.93. The number of rotatable bonds is 4. The van der Waals surface area contributed by atoms with Crippen molar-refractivity contribution in [3.8, 4) is 17.2 Å². The second-order valence-electron chi connectivity index (χ2n) is 8.25. The summed E-state index contributed by atoms with van der Waals surface area (Å²) in [5, 5.41) is 11.4. The summed E-state index contributed by atoms with van der Waals surface area (Å²) in [6, 6.07) is 17.0. The number of ketones is 1. The zero-order valence-corrected chi connectivity index (χ0v) is 19.0. The number of methoxy groups -OCH3 is 1. The largest absolute Gasteiger partial charge is 0.507 e. The Morgan fingerprint density at radius 3 is 2.44 bits per heavy atom. The number of ether oxygens (including phenoxy) is 3. The summed E-state index contributed by atoms with van der Waals surface area (Å²) in [7, 11) is 1.58. The van der Waals surface area contributed by atoms with Crippen molar-refractivity contribution in [2.75, 3.05) is 18.8 Å². The van der Waals surface area contributed by atoms with Crippen molar-refractivity contribution >= 4 is 23.1 Å². The van der Waals surface area contributed by atoms with E-state index in [-0.39, 0.29) is 18.1 Å². The maximum Gasteiger partial charge on any atom is 0.300 e. The van der Waals surface area contributed by atoms with Gasteiger partial charge in [-0.15, -0.1) is 0 Å². The molecule has 0 spiro atoms. The zero-order chi connectivity index (χ0) is 24.0. The molecule has 0 saturated carbocycles. The number of carbonyl (C=O) groups is 2. The molecule has 3 aromatic rings. The third-order valence-electron chi connectivity index (χ3n) is 6.19. The smallest absolute Gasteiger partial charge is 0.300 e. The van der Waals surface area contributed by atoms with Crippen molar-refractivity contribution in [3.05, 3.63) is 88.5 Å². The molecule has 0 aliphatic carbocycles. The Labute approximate surface area is 196 Å². The standard InChI is InChI=1S/C27H23NO6/c1-15-12-21(32-3)16(2)11-19(15)25(29)23-24(17-7-5-4-6-8-17)28(27(31)26(23)30)18-9-10-20-22(13-18)34-14-33-20/h4-13,24,29H,14H2,1-3H3/b25-23+. The third kappa shape index (κ3) is 3.37. The van der Waals surface area contributed by atoms with Gasteiger partial charge in [0.2, 0.25) is 6.79 Å². The minimum atomic E-state index is -0.816. The van der Waals surface area contributed by atoms with Crippen LogP contribution in [0, 0.1) is 13.8 Å². The maximum atomic E-state index is 13.4. The lowest BCUT2D eigenvalue weighted by molar-refractivity contribution is -0.132. The van der Waals surface area contributed by atoms with E-state index in [1.165, 1.54) is 4.90 Å². The van der Waals surface area contributed by atoms with Gasteiger partial charge in [-0.05, 0) is 54.8 Å². The van der Waals surface area contributed by atoms with Crippen LogP contribution in [0.1, 0.15) is 28.3 Å². The van der Waals surface area contributed by atoms with E-state index < -0.39 is 17.7 Å². The summed E-state index contributed by atoms with van der Waals surface area (Å²) >= 11 is 0. The molecule has 0 aromatic heterocycles. The van der Waals surface area contributed by atoms with E-state index in [9.17, 15) is 14.7 Å². The average Bonchev–Trinajstić information content (AvgIpc) is 3.42. The monoisotopic (exact) mass is 457 g/mol. The molecule has 2 heterocycles. The molecule has 7 nitrogen and oxygen atoms in total. The van der Waals surface area contributed by atoms with Crippen molar-refractivity contribution in [2.24, 2.45) is 0 Å². The minimum absolute atomic E-state index is 0.0292. The van der Waals surface area contributed by atoms with E-state index >= 15 is 0 Å². The number of fused-ring (bicyclic) bond motifs is 1. The van der Waals surface area contributed by atoms with Crippen molar-refractivity contribution in [2.45, 2.75) is 19.9 Å². The van der Waals surface area contributed by atoms with Crippen LogP contribution >= 0.6 is 0 Å². The lowest BCUT2D eigenvalue weighted by Gasteiger charge is -2.25. The zero-order valence-electron chi connectivity index (χ0n) is 19.0. The highest BCUT2D eigenvalue weighted by atomic mass is 16.7. The van der Waals surface area contributed by atoms with Gasteiger partial charge < -0.3 is 19.3 Å². The van der Waals surface area contributed by atoms with Crippen molar-refractivity contribution in [1.29, 1.82) is 0 Å². The number of hydrogen-bond donors (Lipinski definition) is 1. The molecule has 2 aliphatic rings. The number of anilines is 1. The summed E-state index contributed by atoms with van der Waals surface area (Å²) in [5.41, 5.74) is 3.20. The van der Waals surface area contributed by atoms with Crippen LogP contribution < -0.4 is 19.1 Å². The Morgan fingerprint density at radius 1 is 0.971 bits per heavy atom. The van der Waals surface area contributed by atoms with Gasteiger partial charge in [0.1, 0.15) is 11.5 Å². The molecule has 1 fully saturated rings. The fourth-order valence-electron chi connectivity index (χ4n) is 4.49. The number of nitrogens with zero attached hydrogens (tertiary/aromatic N) is 1. The van der Waals surface area contributed by atoms with Crippen LogP contribution in [0.4, 0.5) is 5.69 Å². The van der Waals surface area contributed by atoms with Crippen molar-refractivity contribution in [3.63, 3.8) is 0 Å². The Kier molecular flexibility index (Phi) is 5.24. The van der Waals surface area contributed by atoms with Gasteiger partial charge in [-0.2, -0.15) is 0 Å². The first kappa shape index (κ1) is 21.6. The first-order chi connectivity index (χ1) is 16.4. The molecule has 1 saturated heterocycles. The van der Waals surface area contributed by atoms with Crippen LogP contribution in [0.15, 0.2) is 66.2 Å². The molecular formula is C27H23NO6. The average molecular weight is 457 g/mol. The molecule has 172 valence electrons. The fourth-order valence-corrected chi connectivity index (χ4v) is 4.49. The SMILES string of the molecule is COc1cc(C)c(/C(O)=C2\C(=O)C(=O)N(c3ccc4c(c3)OCO4)C2c2ccccc2)cc1C. The number of amides is 1. The molecule has 1 unspecified atom stereocenters. The quantitative estimate of drug-likeness (QED) is 0.348. The summed E-state index contributed by atoms with van der Waals surface area (Å²) in [6.07, 6.45) is 0. The molecule has 1 N–H and O–H groups in total. The molecule has 34 heavy (non-hydrogen) atoms. The van der Waals surface area contributed by atoms with Crippen LogP contribution in [-0.2, 0) is 9.59 Å². The topological polar surface area (TPSA) is 85.3 Å². The predicted molar refractivity (Wildman–Crippen MR) is 126 cm³/mol. The van der Waals surface area contributed by atoms with E-state index in [0.29, 0.717) is 34.1 Å². The van der Waals surface area contributed by atoms with E-state index in [2.05, 4.69) is 0 Å². The summed E-state index contributed by atoms with van der Waals surface area (Å²) in [4.78, 5) is 28.1. The van der Waals surface area contributed by atoms with Crippen LogP contribution in [0.25, 0.3) is 5.76 Å². The Bertz CT molecular complexity index is 1340. The molecule has 0 radical (unpaired) electrons. The van der Waals surface area contributed by atoms with E-state index in [4.69, 9.17) is 14.2 Å². The van der Waals surface area contributed by atoms with Gasteiger partial charge in [0.15, 0.2) is 11.5 Å². The minimum Gasteiger partial charge on any atom is -0.507 e. The fraction of sp³-hybridized carbons (Fsp3) is 0.185. The Morgan fingerprint density at radius 2 is 1.71 bits per heavy atom. The molecule has 7 heteroatoms. The van der Waals surface area contributed by atoms with E-state index in [1.54, 1.807) is 37.4 Å². The number of Topliss-reactive ketones (excluding diaryl/α,β-unsaturated/α-hetero) is 1. The van der Waals surface area contributed by atoms with Crippen LogP contribution in [-0.4, -0.2) is 30.7 Å². The first-order valence-corrected chi connectivity index (χ1v) is 10.8. The molecule has 1 amide bonds. The number of aryl methyl sites for hydroxylation is 2. The number of hydrogen-bond acceptors (Lipinski definition) is 6. The summed E-state index contributed by atoms with van der Waals surface area (Å²) in [5.74, 6) is 0.0379. The lowest BCUT2D eigenvalue weighted by Crippen LogP contribution is -2.29. The number of carbonyl (C=O) groups excluding carboxylic acids is 2. The molecule has 0 bridgehead atoms. The highest BCUT2D eigenvalue weighted by molar-refractivity contribution is 6.51. The molecular weight excluding hydrogens is 434 g/mol. The van der Waals surface area contributed by atoms with Gasteiger partial charge in [-0.1, -0.05) is 30.3 Å². The molecule has 2 aliphatic heterocycles. The number of benzene rings is 3. The van der Waals surface area contributed by atoms with Crippen LogP contribution in [0.5, 0.6) is 17.2 Å². The Balaban J connectivity index is 1.71. The van der Waals surface area contributed by atoms with Gasteiger partial charge in [0.25, 0.3) is 11.7 Å². The van der Waals surface area contributed by atoms with E-state index in [0.717, 1.165) is 11.1 Å². The third-order valence-corrected chi connectivity index (χ3v) is 6.19. The predicted octanol–water partition coefficient (Wildman–Crippen LogP) is 4.67. The van der Waals surface area contributed by atoms with Gasteiger partial charge in [0.05, 0.1) is 18.7 Å². The summed E-state index contributed by atoms with van der Waals surface area (Å²) < 4.78 is 16.2. The Hall–Kier alpha value is -4.26. The second kappa shape index (κ2) is 8.26. The second-order valence-corrected chi connectivity index (χ2v) is 8.25. The highest BCUT2D eigenvalue weighted by Crippen LogP contribution is 2.45. The van der Waals surface area contributed by atoms with Gasteiger partial charge in [-0.3, -0.25) is 14.5 Å². The highest BCUT2D eigenvalue weighted by Gasteiger charge is 2.47. The number of aliphatic hydroxyl groups is 1. The van der Waals surface area contributed by atoms with Crippen LogP contribution in [0.2, 0.25) is 0 Å². The van der Waals surface area contributed by atoms with Gasteiger partial charge >= 0.3 is 0 Å². The van der Waals surface area contributed by atoms with E-state index in [1.807, 2.05) is 44.2 Å². The van der Waals surface area contributed by atoms with Gasteiger partial charge in [0, 0.05) is 17.3 Å². The first-order valence-electron chi connectivity index (χ1n) is 10.8. The van der Waals surface area contributed by atoms with Crippen LogP contribution in [0.3, 0.4) is 0 Å². The normalized spacial score (nSPS) is 18.4. The van der Waals surface area contributed by atoms with Crippen molar-refractivity contribution < 1.29 is 28.9 Å². The molecule has 3 aromatic carbocycles. The van der Waals surface area contributed by atoms with Crippen molar-refractivity contribution in [1.82, 2.24) is 0 Å². The molecule has 5 rings (SSSR count). The van der Waals surface area contributed by atoms with Gasteiger partial charge in [-0.25, -0.2) is 0 Å².